The highest BCUT2D eigenvalue weighted by atomic mass is 79.9. The van der Waals surface area contributed by atoms with Crippen LogP contribution in [0.25, 0.3) is 0 Å². The molecule has 0 saturated carbocycles. The van der Waals surface area contributed by atoms with Gasteiger partial charge in [-0.2, -0.15) is 0 Å². The lowest BCUT2D eigenvalue weighted by molar-refractivity contribution is 0.413. The number of sulfonamides is 1. The monoisotopic (exact) mass is 369 g/mol. The van der Waals surface area contributed by atoms with E-state index in [9.17, 15) is 8.42 Å². The molecule has 0 radical (unpaired) electrons. The van der Waals surface area contributed by atoms with E-state index in [2.05, 4.69) is 20.7 Å². The minimum Gasteiger partial charge on any atom is -0.497 e. The molecule has 0 aliphatic carbocycles. The Morgan fingerprint density at radius 1 is 1.14 bits per heavy atom. The molecular weight excluding hydrogens is 354 g/mol. The lowest BCUT2D eigenvalue weighted by Gasteiger charge is -2.16. The Balaban J connectivity index is 2.26. The molecular formula is C15H16BrNO3S. The van der Waals surface area contributed by atoms with Crippen LogP contribution in [-0.2, 0) is 10.0 Å². The second-order valence-electron chi connectivity index (χ2n) is 4.55. The fraction of sp³-hybridized carbons (Fsp3) is 0.200. The van der Waals surface area contributed by atoms with Gasteiger partial charge in [0.2, 0.25) is 10.0 Å². The van der Waals surface area contributed by atoms with Crippen molar-refractivity contribution in [1.82, 2.24) is 4.72 Å². The third-order valence-corrected chi connectivity index (χ3v) is 5.60. The van der Waals surface area contributed by atoms with Crippen molar-refractivity contribution in [3.63, 3.8) is 0 Å². The van der Waals surface area contributed by atoms with Crippen LogP contribution in [0.15, 0.2) is 57.9 Å². The molecule has 4 nitrogen and oxygen atoms in total. The van der Waals surface area contributed by atoms with Crippen LogP contribution in [0.1, 0.15) is 18.5 Å². The summed E-state index contributed by atoms with van der Waals surface area (Å²) in [5.74, 6) is 0.694. The topological polar surface area (TPSA) is 55.4 Å². The zero-order valence-electron chi connectivity index (χ0n) is 11.7. The zero-order chi connectivity index (χ0) is 15.5. The first kappa shape index (κ1) is 16.0. The molecule has 0 spiro atoms. The lowest BCUT2D eigenvalue weighted by atomic mass is 10.1. The van der Waals surface area contributed by atoms with Gasteiger partial charge < -0.3 is 4.74 Å². The second kappa shape index (κ2) is 6.60. The molecule has 0 bridgehead atoms. The number of ether oxygens (including phenoxy) is 1. The maximum Gasteiger partial charge on any atom is 0.242 e. The van der Waals surface area contributed by atoms with Crippen molar-refractivity contribution in [1.29, 1.82) is 0 Å². The average molecular weight is 370 g/mol. The van der Waals surface area contributed by atoms with Gasteiger partial charge in [-0.25, -0.2) is 13.1 Å². The van der Waals surface area contributed by atoms with Gasteiger partial charge >= 0.3 is 0 Å². The molecule has 0 heterocycles. The normalized spacial score (nSPS) is 12.9. The van der Waals surface area contributed by atoms with E-state index in [1.54, 1.807) is 38.3 Å². The minimum absolute atomic E-state index is 0.222. The van der Waals surface area contributed by atoms with Crippen LogP contribution in [0.4, 0.5) is 0 Å². The lowest BCUT2D eigenvalue weighted by Crippen LogP contribution is -2.27. The van der Waals surface area contributed by atoms with Crippen LogP contribution >= 0.6 is 15.9 Å². The van der Waals surface area contributed by atoms with E-state index in [0.29, 0.717) is 10.2 Å². The first-order valence-electron chi connectivity index (χ1n) is 6.35. The highest BCUT2D eigenvalue weighted by Crippen LogP contribution is 2.24. The van der Waals surface area contributed by atoms with Crippen LogP contribution in [-0.4, -0.2) is 15.5 Å². The predicted octanol–water partition coefficient (Wildman–Crippen LogP) is 3.50. The summed E-state index contributed by atoms with van der Waals surface area (Å²) in [6.45, 7) is 1.79. The fourth-order valence-electron chi connectivity index (χ4n) is 1.94. The van der Waals surface area contributed by atoms with Gasteiger partial charge in [0.05, 0.1) is 12.0 Å². The highest BCUT2D eigenvalue weighted by Gasteiger charge is 2.20. The molecule has 112 valence electrons. The molecule has 1 unspecified atom stereocenters. The van der Waals surface area contributed by atoms with Gasteiger partial charge in [-0.15, -0.1) is 0 Å². The maximum atomic E-state index is 12.4. The van der Waals surface area contributed by atoms with Crippen LogP contribution < -0.4 is 9.46 Å². The Bertz CT molecular complexity index is 731. The first-order valence-corrected chi connectivity index (χ1v) is 8.62. The molecule has 6 heteroatoms. The van der Waals surface area contributed by atoms with Gasteiger partial charge in [0.1, 0.15) is 5.75 Å². The number of methoxy groups -OCH3 is 1. The molecule has 0 amide bonds. The SMILES string of the molecule is COc1cccc(C(C)NS(=O)(=O)c2ccccc2Br)c1. The minimum atomic E-state index is -3.60. The second-order valence-corrected chi connectivity index (χ2v) is 7.09. The summed E-state index contributed by atoms with van der Waals surface area (Å²) in [7, 11) is -2.02. The molecule has 0 aliphatic rings. The van der Waals surface area contributed by atoms with E-state index in [1.165, 1.54) is 0 Å². The van der Waals surface area contributed by atoms with Crippen molar-refractivity contribution in [2.75, 3.05) is 7.11 Å². The van der Waals surface area contributed by atoms with Gasteiger partial charge in [0, 0.05) is 10.5 Å². The van der Waals surface area contributed by atoms with Gasteiger partial charge in [0.15, 0.2) is 0 Å². The van der Waals surface area contributed by atoms with E-state index in [4.69, 9.17) is 4.74 Å². The quantitative estimate of drug-likeness (QED) is 0.877. The Labute approximate surface area is 133 Å². The largest absolute Gasteiger partial charge is 0.497 e. The number of hydrogen-bond acceptors (Lipinski definition) is 3. The number of hydrogen-bond donors (Lipinski definition) is 1. The van der Waals surface area contributed by atoms with E-state index < -0.39 is 10.0 Å². The summed E-state index contributed by atoms with van der Waals surface area (Å²) >= 11 is 3.26. The maximum absolute atomic E-state index is 12.4. The van der Waals surface area contributed by atoms with Crippen molar-refractivity contribution in [3.8, 4) is 5.75 Å². The van der Waals surface area contributed by atoms with Crippen molar-refractivity contribution >= 4 is 26.0 Å². The third-order valence-electron chi connectivity index (χ3n) is 3.05. The highest BCUT2D eigenvalue weighted by molar-refractivity contribution is 9.10. The van der Waals surface area contributed by atoms with Crippen molar-refractivity contribution < 1.29 is 13.2 Å². The van der Waals surface area contributed by atoms with Crippen molar-refractivity contribution in [2.45, 2.75) is 17.9 Å². The van der Waals surface area contributed by atoms with Crippen LogP contribution in [0.5, 0.6) is 5.75 Å². The molecule has 0 saturated heterocycles. The van der Waals surface area contributed by atoms with Gasteiger partial charge in [-0.05, 0) is 52.7 Å². The van der Waals surface area contributed by atoms with Crippen LogP contribution in [0, 0.1) is 0 Å². The van der Waals surface area contributed by atoms with Crippen LogP contribution in [0.2, 0.25) is 0 Å². The summed E-state index contributed by atoms with van der Waals surface area (Å²) < 4.78 is 33.2. The zero-order valence-corrected chi connectivity index (χ0v) is 14.1. The molecule has 2 rings (SSSR count). The van der Waals surface area contributed by atoms with Gasteiger partial charge in [0.25, 0.3) is 0 Å². The van der Waals surface area contributed by atoms with E-state index >= 15 is 0 Å². The Kier molecular flexibility index (Phi) is 5.03. The first-order chi connectivity index (χ1) is 9.94. The molecule has 1 atom stereocenters. The number of halogens is 1. The molecule has 0 aromatic heterocycles. The van der Waals surface area contributed by atoms with E-state index in [0.717, 1.165) is 5.56 Å². The molecule has 0 aliphatic heterocycles. The smallest absolute Gasteiger partial charge is 0.242 e. The molecule has 2 aromatic rings. The molecule has 2 aromatic carbocycles. The van der Waals surface area contributed by atoms with Gasteiger partial charge in [-0.3, -0.25) is 0 Å². The molecule has 21 heavy (non-hydrogen) atoms. The van der Waals surface area contributed by atoms with Crippen LogP contribution in [0.3, 0.4) is 0 Å². The summed E-state index contributed by atoms with van der Waals surface area (Å²) in [5, 5.41) is 0. The molecule has 1 N–H and O–H groups in total. The Morgan fingerprint density at radius 2 is 1.86 bits per heavy atom. The molecule has 0 fully saturated rings. The fourth-order valence-corrected chi connectivity index (χ4v) is 4.17. The number of rotatable bonds is 5. The Morgan fingerprint density at radius 3 is 2.52 bits per heavy atom. The average Bonchev–Trinajstić information content (AvgIpc) is 2.47. The van der Waals surface area contributed by atoms with Crippen molar-refractivity contribution in [3.05, 3.63) is 58.6 Å². The van der Waals surface area contributed by atoms with Crippen molar-refractivity contribution in [2.24, 2.45) is 0 Å². The summed E-state index contributed by atoms with van der Waals surface area (Å²) in [6, 6.07) is 13.7. The summed E-state index contributed by atoms with van der Waals surface area (Å²) in [5.41, 5.74) is 0.838. The van der Waals surface area contributed by atoms with Gasteiger partial charge in [-0.1, -0.05) is 24.3 Å². The number of nitrogens with one attached hydrogen (secondary N) is 1. The number of benzene rings is 2. The third kappa shape index (κ3) is 3.84. The Hall–Kier alpha value is -1.37. The summed E-state index contributed by atoms with van der Waals surface area (Å²) in [6.07, 6.45) is 0. The van der Waals surface area contributed by atoms with E-state index in [1.807, 2.05) is 24.3 Å². The standard InChI is InChI=1S/C15H16BrNO3S/c1-11(12-6-5-7-13(10-12)20-2)17-21(18,19)15-9-4-3-8-14(15)16/h3-11,17H,1-2H3. The summed E-state index contributed by atoms with van der Waals surface area (Å²) in [4.78, 5) is 0.222. The van der Waals surface area contributed by atoms with E-state index in [-0.39, 0.29) is 10.9 Å². The predicted molar refractivity (Wildman–Crippen MR) is 85.9 cm³/mol.